The molecule has 1 amide bonds. The van der Waals surface area contributed by atoms with Gasteiger partial charge in [0, 0.05) is 69.9 Å². The molecule has 2 aliphatic rings. The van der Waals surface area contributed by atoms with E-state index in [9.17, 15) is 9.18 Å². The van der Waals surface area contributed by atoms with Crippen molar-refractivity contribution < 1.29 is 9.18 Å². The van der Waals surface area contributed by atoms with Gasteiger partial charge in [0.05, 0.1) is 11.7 Å². The van der Waals surface area contributed by atoms with E-state index in [4.69, 9.17) is 9.97 Å². The van der Waals surface area contributed by atoms with Crippen molar-refractivity contribution in [1.29, 1.82) is 0 Å². The number of benzene rings is 1. The van der Waals surface area contributed by atoms with Gasteiger partial charge in [0.25, 0.3) is 0 Å². The molecule has 7 nitrogen and oxygen atoms in total. The van der Waals surface area contributed by atoms with E-state index in [1.165, 1.54) is 6.07 Å². The number of rotatable bonds is 4. The van der Waals surface area contributed by atoms with Crippen molar-refractivity contribution in [1.82, 2.24) is 24.3 Å². The van der Waals surface area contributed by atoms with Crippen molar-refractivity contribution in [2.75, 3.05) is 25.5 Å². The predicted octanol–water partition coefficient (Wildman–Crippen LogP) is 3.39. The van der Waals surface area contributed by atoms with E-state index >= 15 is 0 Å². The molecule has 0 bridgehead atoms. The molecule has 1 aromatic carbocycles. The van der Waals surface area contributed by atoms with Crippen LogP contribution in [0.25, 0.3) is 10.9 Å². The number of nitrogens with one attached hydrogen (secondary N) is 1. The summed E-state index contributed by atoms with van der Waals surface area (Å²) in [4.78, 5) is 26.1. The number of aryl methyl sites for hydroxylation is 1. The Labute approximate surface area is 187 Å². The van der Waals surface area contributed by atoms with Crippen LogP contribution in [0, 0.1) is 5.82 Å². The molecule has 168 valence electrons. The van der Waals surface area contributed by atoms with Crippen molar-refractivity contribution in [3.05, 3.63) is 52.9 Å². The maximum atomic E-state index is 13.9. The summed E-state index contributed by atoms with van der Waals surface area (Å²) in [6, 6.07) is 4.91. The van der Waals surface area contributed by atoms with Crippen LogP contribution in [0.4, 0.5) is 10.2 Å². The molecule has 0 spiro atoms. The second kappa shape index (κ2) is 8.16. The van der Waals surface area contributed by atoms with Crippen LogP contribution in [0.15, 0.2) is 24.4 Å². The molecule has 1 N–H and O–H groups in total. The number of hydrogen-bond donors (Lipinski definition) is 1. The number of hydrogen-bond acceptors (Lipinski definition) is 5. The molecule has 0 saturated carbocycles. The third-order valence-electron chi connectivity index (χ3n) is 6.78. The topological polar surface area (TPSA) is 66.3 Å². The second-order valence-electron chi connectivity index (χ2n) is 8.86. The largest absolute Gasteiger partial charge is 0.373 e. The van der Waals surface area contributed by atoms with E-state index in [-0.39, 0.29) is 17.8 Å². The van der Waals surface area contributed by atoms with Gasteiger partial charge in [0.1, 0.15) is 11.6 Å². The highest BCUT2D eigenvalue weighted by Gasteiger charge is 2.32. The number of likely N-dealkylation sites (tertiary alicyclic amines) is 1. The molecule has 1 fully saturated rings. The third-order valence-corrected chi connectivity index (χ3v) is 6.78. The van der Waals surface area contributed by atoms with E-state index < -0.39 is 0 Å². The zero-order valence-corrected chi connectivity index (χ0v) is 18.9. The summed E-state index contributed by atoms with van der Waals surface area (Å²) in [6.07, 6.45) is 4.81. The van der Waals surface area contributed by atoms with Gasteiger partial charge >= 0.3 is 0 Å². The van der Waals surface area contributed by atoms with Crippen molar-refractivity contribution in [3.63, 3.8) is 0 Å². The highest BCUT2D eigenvalue weighted by molar-refractivity contribution is 5.84. The highest BCUT2D eigenvalue weighted by atomic mass is 19.1. The van der Waals surface area contributed by atoms with Gasteiger partial charge in [-0.15, -0.1) is 0 Å². The van der Waals surface area contributed by atoms with Crippen LogP contribution in [0.2, 0.25) is 0 Å². The molecule has 8 heteroatoms. The van der Waals surface area contributed by atoms with Crippen molar-refractivity contribution in [2.45, 2.75) is 45.3 Å². The quantitative estimate of drug-likeness (QED) is 0.679. The zero-order valence-electron chi connectivity index (χ0n) is 18.9. The predicted molar refractivity (Wildman–Crippen MR) is 122 cm³/mol. The lowest BCUT2D eigenvalue weighted by molar-refractivity contribution is -0.129. The smallest absolute Gasteiger partial charge is 0.220 e. The fraction of sp³-hybridized carbons (Fsp3) is 0.458. The van der Waals surface area contributed by atoms with E-state index in [0.29, 0.717) is 6.54 Å². The molecule has 0 radical (unpaired) electrons. The first-order valence-corrected chi connectivity index (χ1v) is 11.2. The molecular weight excluding hydrogens is 407 g/mol. The standard InChI is InChI=1S/C24H29FN6O/c1-15(32)31-9-4-5-22(31)24-27-20-14-30(10-8-18(20)23(26-2)28-24)13-16-12-29(3)21-7-6-17(25)11-19(16)21/h6-7,11-12,22H,4-5,8-10,13-14H2,1-3H3,(H,26,27,28)/t22-/m1/s1. The summed E-state index contributed by atoms with van der Waals surface area (Å²) in [7, 11) is 3.89. The van der Waals surface area contributed by atoms with Crippen LogP contribution in [-0.2, 0) is 31.4 Å². The fourth-order valence-electron chi connectivity index (χ4n) is 5.22. The Kier molecular flexibility index (Phi) is 5.33. The van der Waals surface area contributed by atoms with Crippen LogP contribution < -0.4 is 5.32 Å². The van der Waals surface area contributed by atoms with Crippen molar-refractivity contribution >= 4 is 22.6 Å². The van der Waals surface area contributed by atoms with Crippen LogP contribution in [0.5, 0.6) is 0 Å². The molecule has 3 aromatic rings. The van der Waals surface area contributed by atoms with E-state index in [1.54, 1.807) is 13.0 Å². The molecular formula is C24H29FN6O. The number of nitrogens with zero attached hydrogens (tertiary/aromatic N) is 5. The minimum Gasteiger partial charge on any atom is -0.373 e. The van der Waals surface area contributed by atoms with Gasteiger partial charge in [0.15, 0.2) is 5.82 Å². The van der Waals surface area contributed by atoms with Crippen molar-refractivity contribution in [2.24, 2.45) is 7.05 Å². The number of anilines is 1. The zero-order chi connectivity index (χ0) is 22.4. The Morgan fingerprint density at radius 3 is 2.91 bits per heavy atom. The molecule has 2 aliphatic heterocycles. The van der Waals surface area contributed by atoms with E-state index in [0.717, 1.165) is 78.3 Å². The van der Waals surface area contributed by atoms with Gasteiger partial charge in [-0.3, -0.25) is 9.69 Å². The number of amides is 1. The Hall–Kier alpha value is -3.00. The van der Waals surface area contributed by atoms with Crippen LogP contribution in [0.3, 0.4) is 0 Å². The first-order valence-electron chi connectivity index (χ1n) is 11.2. The Morgan fingerprint density at radius 1 is 1.28 bits per heavy atom. The highest BCUT2D eigenvalue weighted by Crippen LogP contribution is 2.33. The average molecular weight is 437 g/mol. The lowest BCUT2D eigenvalue weighted by Crippen LogP contribution is -2.33. The van der Waals surface area contributed by atoms with Crippen LogP contribution in [-0.4, -0.2) is 50.4 Å². The monoisotopic (exact) mass is 436 g/mol. The maximum Gasteiger partial charge on any atom is 0.220 e. The van der Waals surface area contributed by atoms with E-state index in [2.05, 4.69) is 21.0 Å². The lowest BCUT2D eigenvalue weighted by Gasteiger charge is -2.30. The van der Waals surface area contributed by atoms with Gasteiger partial charge in [0.2, 0.25) is 5.91 Å². The first-order chi connectivity index (χ1) is 15.4. The Bertz CT molecular complexity index is 1190. The van der Waals surface area contributed by atoms with Gasteiger partial charge in [-0.05, 0) is 43.0 Å². The SMILES string of the molecule is CNc1nc([C@H]2CCCN2C(C)=O)nc2c1CCN(Cc1cn(C)c3ccc(F)cc13)C2. The molecule has 32 heavy (non-hydrogen) atoms. The van der Waals surface area contributed by atoms with Gasteiger partial charge in [-0.1, -0.05) is 0 Å². The number of carbonyl (C=O) groups excluding carboxylic acids is 1. The molecule has 0 unspecified atom stereocenters. The first kappa shape index (κ1) is 20.9. The van der Waals surface area contributed by atoms with Gasteiger partial charge in [-0.25, -0.2) is 14.4 Å². The summed E-state index contributed by atoms with van der Waals surface area (Å²) in [5, 5.41) is 4.20. The summed E-state index contributed by atoms with van der Waals surface area (Å²) < 4.78 is 15.9. The molecule has 2 aromatic heterocycles. The second-order valence-corrected chi connectivity index (χ2v) is 8.86. The molecule has 1 saturated heterocycles. The molecule has 5 rings (SSSR count). The number of fused-ring (bicyclic) bond motifs is 2. The molecule has 1 atom stereocenters. The van der Waals surface area contributed by atoms with Crippen molar-refractivity contribution in [3.8, 4) is 0 Å². The minimum atomic E-state index is -0.212. The molecule has 0 aliphatic carbocycles. The summed E-state index contributed by atoms with van der Waals surface area (Å²) in [5.41, 5.74) is 4.33. The lowest BCUT2D eigenvalue weighted by atomic mass is 10.0. The maximum absolute atomic E-state index is 13.9. The summed E-state index contributed by atoms with van der Waals surface area (Å²) in [6.45, 7) is 4.71. The van der Waals surface area contributed by atoms with Gasteiger partial charge in [-0.2, -0.15) is 0 Å². The average Bonchev–Trinajstić information content (AvgIpc) is 3.38. The number of halogens is 1. The van der Waals surface area contributed by atoms with Crippen LogP contribution in [0.1, 0.15) is 48.5 Å². The third kappa shape index (κ3) is 3.62. The Balaban J connectivity index is 1.44. The number of carbonyl (C=O) groups is 1. The number of aromatic nitrogens is 3. The minimum absolute atomic E-state index is 0.0543. The van der Waals surface area contributed by atoms with Gasteiger partial charge < -0.3 is 14.8 Å². The summed E-state index contributed by atoms with van der Waals surface area (Å²) in [5.74, 6) is 1.46. The van der Waals surface area contributed by atoms with E-state index in [1.807, 2.05) is 25.1 Å². The van der Waals surface area contributed by atoms with Crippen LogP contribution >= 0.6 is 0 Å². The Morgan fingerprint density at radius 2 is 2.12 bits per heavy atom. The summed E-state index contributed by atoms with van der Waals surface area (Å²) >= 11 is 0. The molecule has 4 heterocycles. The normalized spacial score (nSPS) is 18.9. The fourth-order valence-corrected chi connectivity index (χ4v) is 5.22.